The van der Waals surface area contributed by atoms with Crippen molar-refractivity contribution in [1.82, 2.24) is 0 Å². The number of unbranched alkanes of at least 4 members (excludes halogenated alkanes) is 2. The van der Waals surface area contributed by atoms with E-state index < -0.39 is 11.9 Å². The van der Waals surface area contributed by atoms with Crippen LogP contribution in [0.1, 0.15) is 29.6 Å². The summed E-state index contributed by atoms with van der Waals surface area (Å²) in [6.07, 6.45) is 3.65. The van der Waals surface area contributed by atoms with Crippen molar-refractivity contribution in [3.8, 4) is 5.75 Å². The average molecular weight is 389 g/mol. The third-order valence-electron chi connectivity index (χ3n) is 3.44. The van der Waals surface area contributed by atoms with E-state index in [1.54, 1.807) is 12.1 Å². The maximum atomic E-state index is 12.0. The van der Waals surface area contributed by atoms with Gasteiger partial charge in [0.15, 0.2) is 0 Å². The highest BCUT2D eigenvalue weighted by Crippen LogP contribution is 2.12. The number of carbonyl (C=O) groups is 2. The summed E-state index contributed by atoms with van der Waals surface area (Å²) in [6.45, 7) is 4.24. The zero-order valence-electron chi connectivity index (χ0n) is 15.5. The maximum absolute atomic E-state index is 12.0. The molecule has 2 aromatic rings. The Hall–Kier alpha value is -3.35. The van der Waals surface area contributed by atoms with E-state index in [9.17, 15) is 14.0 Å². The number of anilines is 1. The Bertz CT molecular complexity index is 723. The predicted octanol–water partition coefficient (Wildman–Crippen LogP) is 4.07. The number of carbonyl (C=O) groups excluding carboxylic acids is 1. The highest BCUT2D eigenvalue weighted by Gasteiger charge is 2.02. The molecule has 0 atom stereocenters. The second-order valence-electron chi connectivity index (χ2n) is 5.66. The third kappa shape index (κ3) is 9.96. The van der Waals surface area contributed by atoms with E-state index in [0.717, 1.165) is 25.3 Å². The second kappa shape index (κ2) is 12.9. The lowest BCUT2D eigenvalue weighted by atomic mass is 10.2. The van der Waals surface area contributed by atoms with Crippen LogP contribution in [0.15, 0.2) is 61.2 Å². The molecule has 0 aromatic heterocycles. The van der Waals surface area contributed by atoms with Crippen molar-refractivity contribution in [1.29, 1.82) is 0 Å². The van der Waals surface area contributed by atoms with Gasteiger partial charge in [0.25, 0.3) is 0 Å². The van der Waals surface area contributed by atoms with Gasteiger partial charge in [0.05, 0.1) is 18.8 Å². The van der Waals surface area contributed by atoms with Gasteiger partial charge < -0.3 is 20.3 Å². The summed E-state index contributed by atoms with van der Waals surface area (Å²) in [6, 6.07) is 12.0. The van der Waals surface area contributed by atoms with Crippen LogP contribution < -0.4 is 10.5 Å². The van der Waals surface area contributed by atoms with E-state index in [1.165, 1.54) is 36.4 Å². The molecular weight excluding hydrogens is 365 g/mol. The molecule has 0 unspecified atom stereocenters. The highest BCUT2D eigenvalue weighted by molar-refractivity contribution is 5.87. The van der Waals surface area contributed by atoms with Crippen molar-refractivity contribution in [2.75, 3.05) is 18.9 Å². The molecule has 0 amide bonds. The molecule has 6 nitrogen and oxygen atoms in total. The van der Waals surface area contributed by atoms with Crippen molar-refractivity contribution in [2.24, 2.45) is 0 Å². The van der Waals surface area contributed by atoms with E-state index in [2.05, 4.69) is 6.58 Å². The second-order valence-corrected chi connectivity index (χ2v) is 5.66. The molecule has 28 heavy (non-hydrogen) atoms. The number of nitrogen functional groups attached to an aromatic ring is 1. The van der Waals surface area contributed by atoms with Gasteiger partial charge in [-0.25, -0.2) is 14.0 Å². The van der Waals surface area contributed by atoms with Gasteiger partial charge in [-0.1, -0.05) is 6.58 Å². The largest absolute Gasteiger partial charge is 0.494 e. The first-order valence-corrected chi connectivity index (χ1v) is 8.68. The van der Waals surface area contributed by atoms with Gasteiger partial charge in [0.2, 0.25) is 0 Å². The highest BCUT2D eigenvalue weighted by atomic mass is 19.1. The van der Waals surface area contributed by atoms with Crippen LogP contribution in [-0.4, -0.2) is 30.3 Å². The van der Waals surface area contributed by atoms with Crippen LogP contribution in [0, 0.1) is 5.82 Å². The molecule has 0 radical (unpaired) electrons. The Morgan fingerprint density at radius 2 is 1.61 bits per heavy atom. The van der Waals surface area contributed by atoms with Crippen LogP contribution in [0.3, 0.4) is 0 Å². The fourth-order valence-electron chi connectivity index (χ4n) is 1.96. The minimum Gasteiger partial charge on any atom is -0.494 e. The molecule has 0 saturated carbocycles. The van der Waals surface area contributed by atoms with Gasteiger partial charge in [-0.3, -0.25) is 0 Å². The summed E-state index contributed by atoms with van der Waals surface area (Å²) in [5, 5.41) is 8.75. The Balaban J connectivity index is 0.000000406. The Morgan fingerprint density at radius 3 is 2.14 bits per heavy atom. The van der Waals surface area contributed by atoms with Gasteiger partial charge in [0.1, 0.15) is 11.6 Å². The first-order chi connectivity index (χ1) is 13.4. The first-order valence-electron chi connectivity index (χ1n) is 8.68. The number of halogens is 1. The first kappa shape index (κ1) is 22.7. The summed E-state index contributed by atoms with van der Waals surface area (Å²) >= 11 is 0. The minimum atomic E-state index is -0.953. The van der Waals surface area contributed by atoms with E-state index in [-0.39, 0.29) is 11.4 Å². The number of aromatic carboxylic acids is 1. The van der Waals surface area contributed by atoms with Crippen LogP contribution in [0.25, 0.3) is 0 Å². The molecule has 7 heteroatoms. The molecule has 0 aliphatic heterocycles. The number of benzene rings is 2. The fourth-order valence-corrected chi connectivity index (χ4v) is 1.96. The monoisotopic (exact) mass is 389 g/mol. The van der Waals surface area contributed by atoms with Crippen molar-refractivity contribution < 1.29 is 28.6 Å². The molecule has 0 spiro atoms. The van der Waals surface area contributed by atoms with Crippen molar-refractivity contribution in [3.05, 3.63) is 72.6 Å². The summed E-state index contributed by atoms with van der Waals surface area (Å²) in [4.78, 5) is 21.4. The normalized spacial score (nSPS) is 9.61. The summed E-state index contributed by atoms with van der Waals surface area (Å²) < 4.78 is 22.3. The molecule has 0 aliphatic carbocycles. The van der Waals surface area contributed by atoms with Crippen LogP contribution in [-0.2, 0) is 9.53 Å². The molecule has 150 valence electrons. The number of ether oxygens (including phenoxy) is 2. The van der Waals surface area contributed by atoms with E-state index in [0.29, 0.717) is 24.7 Å². The van der Waals surface area contributed by atoms with Crippen LogP contribution in [0.2, 0.25) is 0 Å². The predicted molar refractivity (Wildman–Crippen MR) is 105 cm³/mol. The topological polar surface area (TPSA) is 98.8 Å². The molecule has 2 rings (SSSR count). The average Bonchev–Trinajstić information content (AvgIpc) is 2.70. The molecule has 3 N–H and O–H groups in total. The fraction of sp³-hybridized carbons (Fsp3) is 0.238. The number of esters is 1. The SMILES string of the molecule is C=CC(=O)OCCCCCOc1ccc(C(=O)O)cc1.Nc1ccc(F)cc1. The lowest BCUT2D eigenvalue weighted by Gasteiger charge is -2.06. The summed E-state index contributed by atoms with van der Waals surface area (Å²) in [5.41, 5.74) is 6.09. The minimum absolute atomic E-state index is 0.237. The number of carboxylic acid groups (broad SMARTS) is 1. The Kier molecular flexibility index (Phi) is 10.5. The molecule has 0 bridgehead atoms. The Morgan fingerprint density at radius 1 is 1.00 bits per heavy atom. The summed E-state index contributed by atoms with van der Waals surface area (Å²) in [5.74, 6) is -0.960. The zero-order chi connectivity index (χ0) is 20.8. The van der Waals surface area contributed by atoms with Crippen molar-refractivity contribution in [2.45, 2.75) is 19.3 Å². The van der Waals surface area contributed by atoms with Gasteiger partial charge in [-0.2, -0.15) is 0 Å². The molecule has 0 saturated heterocycles. The molecule has 0 aliphatic rings. The van der Waals surface area contributed by atoms with Crippen molar-refractivity contribution >= 4 is 17.6 Å². The van der Waals surface area contributed by atoms with Crippen molar-refractivity contribution in [3.63, 3.8) is 0 Å². The molecule has 0 heterocycles. The lowest BCUT2D eigenvalue weighted by molar-refractivity contribution is -0.137. The van der Waals surface area contributed by atoms with Gasteiger partial charge in [0, 0.05) is 11.8 Å². The zero-order valence-corrected chi connectivity index (χ0v) is 15.5. The molecule has 2 aromatic carbocycles. The van der Waals surface area contributed by atoms with E-state index >= 15 is 0 Å². The number of nitrogens with two attached hydrogens (primary N) is 1. The smallest absolute Gasteiger partial charge is 0.335 e. The maximum Gasteiger partial charge on any atom is 0.335 e. The molecular formula is C21H24FNO5. The third-order valence-corrected chi connectivity index (χ3v) is 3.44. The van der Waals surface area contributed by atoms with E-state index in [4.69, 9.17) is 20.3 Å². The number of carboxylic acids is 1. The van der Waals surface area contributed by atoms with Gasteiger partial charge in [-0.15, -0.1) is 0 Å². The van der Waals surface area contributed by atoms with Gasteiger partial charge in [-0.05, 0) is 67.8 Å². The Labute approximate surface area is 163 Å². The molecule has 0 fully saturated rings. The van der Waals surface area contributed by atoms with Gasteiger partial charge >= 0.3 is 11.9 Å². The standard InChI is InChI=1S/C15H18O5.C6H6FN/c1-2-14(16)20-11-5-3-4-10-19-13-8-6-12(7-9-13)15(17)18;7-5-1-3-6(8)4-2-5/h2,6-9H,1,3-5,10-11H2,(H,17,18);1-4H,8H2. The lowest BCUT2D eigenvalue weighted by Crippen LogP contribution is -2.03. The number of hydrogen-bond donors (Lipinski definition) is 2. The van der Waals surface area contributed by atoms with Crippen LogP contribution >= 0.6 is 0 Å². The number of rotatable bonds is 9. The number of hydrogen-bond acceptors (Lipinski definition) is 5. The summed E-state index contributed by atoms with van der Waals surface area (Å²) in [7, 11) is 0. The quantitative estimate of drug-likeness (QED) is 0.290. The van der Waals surface area contributed by atoms with Crippen LogP contribution in [0.5, 0.6) is 5.75 Å². The van der Waals surface area contributed by atoms with E-state index in [1.807, 2.05) is 0 Å². The van der Waals surface area contributed by atoms with Crippen LogP contribution in [0.4, 0.5) is 10.1 Å².